The van der Waals surface area contributed by atoms with Gasteiger partial charge in [0, 0.05) is 6.04 Å². The molecule has 9 heteroatoms. The number of carbonyl (C=O) groups excluding carboxylic acids is 1. The predicted molar refractivity (Wildman–Crippen MR) is 124 cm³/mol. The molecule has 2 aliphatic heterocycles. The van der Waals surface area contributed by atoms with Gasteiger partial charge in [-0.1, -0.05) is 25.5 Å². The van der Waals surface area contributed by atoms with E-state index < -0.39 is 36.5 Å². The van der Waals surface area contributed by atoms with E-state index in [0.717, 1.165) is 37.3 Å². The Balaban J connectivity index is 1.64. The van der Waals surface area contributed by atoms with Gasteiger partial charge in [0.05, 0.1) is 5.69 Å². The summed E-state index contributed by atoms with van der Waals surface area (Å²) in [4.78, 5) is 40.2. The standard InChI is InChI=1S/C24H35N3O6/c1-2-17(26-13-6-3-7-14-26)9-8-10-18(24(31)32)25-19-16-33-21-12-5-4-11-20(21)27(23(19)30)15-22(28)29/h4-5,11-12,17-19,25H,2-3,6-10,13-16H2,1H3,(H,28,29)(H,31,32)/t17?,18?,19-/m0/s1. The molecule has 3 atom stereocenters. The number of aliphatic carboxylic acids is 2. The van der Waals surface area contributed by atoms with Crippen LogP contribution in [0.2, 0.25) is 0 Å². The zero-order valence-electron chi connectivity index (χ0n) is 19.2. The predicted octanol–water partition coefficient (Wildman–Crippen LogP) is 2.34. The molecule has 0 bridgehead atoms. The molecule has 0 aliphatic carbocycles. The van der Waals surface area contributed by atoms with E-state index in [0.29, 0.717) is 23.9 Å². The SMILES string of the molecule is CCC(CCCC(N[C@H]1COc2ccccc2N(CC(=O)O)C1=O)C(=O)O)N1CCCCC1. The summed E-state index contributed by atoms with van der Waals surface area (Å²) in [6, 6.07) is 5.30. The van der Waals surface area contributed by atoms with E-state index in [2.05, 4.69) is 17.1 Å². The third-order valence-corrected chi connectivity index (χ3v) is 6.53. The Bertz CT molecular complexity index is 826. The third kappa shape index (κ3) is 6.68. The van der Waals surface area contributed by atoms with Gasteiger partial charge >= 0.3 is 11.9 Å². The highest BCUT2D eigenvalue weighted by Crippen LogP contribution is 2.31. The molecule has 1 aromatic rings. The normalized spacial score (nSPS) is 20.9. The van der Waals surface area contributed by atoms with E-state index in [1.165, 1.54) is 19.3 Å². The van der Waals surface area contributed by atoms with Crippen LogP contribution in [0.3, 0.4) is 0 Å². The highest BCUT2D eigenvalue weighted by Gasteiger charge is 2.35. The van der Waals surface area contributed by atoms with Crippen LogP contribution in [0.1, 0.15) is 51.9 Å². The molecule has 2 heterocycles. The van der Waals surface area contributed by atoms with Gasteiger partial charge in [-0.25, -0.2) is 0 Å². The van der Waals surface area contributed by atoms with E-state index in [-0.39, 0.29) is 6.61 Å². The minimum absolute atomic E-state index is 0.0683. The maximum absolute atomic E-state index is 13.2. The van der Waals surface area contributed by atoms with Gasteiger partial charge in [-0.05, 0) is 63.7 Å². The lowest BCUT2D eigenvalue weighted by Crippen LogP contribution is -2.54. The van der Waals surface area contributed by atoms with Crippen molar-refractivity contribution in [3.05, 3.63) is 24.3 Å². The van der Waals surface area contributed by atoms with Crippen molar-refractivity contribution < 1.29 is 29.3 Å². The van der Waals surface area contributed by atoms with Gasteiger partial charge in [0.2, 0.25) is 5.91 Å². The Morgan fingerprint density at radius 2 is 1.88 bits per heavy atom. The van der Waals surface area contributed by atoms with Gasteiger partial charge in [0.1, 0.15) is 31.0 Å². The van der Waals surface area contributed by atoms with Gasteiger partial charge in [-0.2, -0.15) is 0 Å². The number of anilines is 1. The number of carboxylic acids is 2. The summed E-state index contributed by atoms with van der Waals surface area (Å²) < 4.78 is 5.75. The molecule has 0 saturated carbocycles. The molecule has 182 valence electrons. The quantitative estimate of drug-likeness (QED) is 0.459. The fourth-order valence-electron chi connectivity index (χ4n) is 4.78. The molecule has 0 radical (unpaired) electrons. The number of amides is 1. The Morgan fingerprint density at radius 1 is 1.15 bits per heavy atom. The van der Waals surface area contributed by atoms with Crippen molar-refractivity contribution in [1.82, 2.24) is 10.2 Å². The summed E-state index contributed by atoms with van der Waals surface area (Å²) >= 11 is 0. The fraction of sp³-hybridized carbons (Fsp3) is 0.625. The van der Waals surface area contributed by atoms with Gasteiger partial charge < -0.3 is 19.8 Å². The van der Waals surface area contributed by atoms with Crippen LogP contribution in [0.15, 0.2) is 24.3 Å². The lowest BCUT2D eigenvalue weighted by atomic mass is 9.99. The first-order valence-electron chi connectivity index (χ1n) is 11.9. The number of carbonyl (C=O) groups is 3. The second-order valence-electron chi connectivity index (χ2n) is 8.80. The topological polar surface area (TPSA) is 119 Å². The summed E-state index contributed by atoms with van der Waals surface area (Å²) in [6.45, 7) is 3.78. The number of carboxylic acid groups (broad SMARTS) is 2. The average molecular weight is 462 g/mol. The molecule has 1 aromatic carbocycles. The summed E-state index contributed by atoms with van der Waals surface area (Å²) in [5.41, 5.74) is 0.369. The van der Waals surface area contributed by atoms with E-state index in [4.69, 9.17) is 4.74 Å². The van der Waals surface area contributed by atoms with E-state index in [9.17, 15) is 24.6 Å². The molecule has 0 spiro atoms. The molecule has 1 fully saturated rings. The van der Waals surface area contributed by atoms with Crippen LogP contribution in [0, 0.1) is 0 Å². The zero-order chi connectivity index (χ0) is 23.8. The molecule has 1 amide bonds. The number of para-hydroxylation sites is 2. The summed E-state index contributed by atoms with van der Waals surface area (Å²) in [5.74, 6) is -2.29. The molecule has 0 aromatic heterocycles. The molecule has 9 nitrogen and oxygen atoms in total. The van der Waals surface area contributed by atoms with Crippen molar-refractivity contribution in [2.24, 2.45) is 0 Å². The molecule has 3 rings (SSSR count). The highest BCUT2D eigenvalue weighted by molar-refractivity contribution is 6.02. The maximum atomic E-state index is 13.2. The first-order chi connectivity index (χ1) is 15.9. The van der Waals surface area contributed by atoms with Gasteiger partial charge in [-0.15, -0.1) is 0 Å². The number of rotatable bonds is 11. The molecular formula is C24H35N3O6. The van der Waals surface area contributed by atoms with Crippen LogP contribution in [0.5, 0.6) is 5.75 Å². The van der Waals surface area contributed by atoms with Gasteiger partial charge in [-0.3, -0.25) is 24.6 Å². The van der Waals surface area contributed by atoms with Crippen molar-refractivity contribution in [2.45, 2.75) is 70.0 Å². The Morgan fingerprint density at radius 3 is 2.55 bits per heavy atom. The summed E-state index contributed by atoms with van der Waals surface area (Å²) in [5, 5.41) is 22.0. The number of benzene rings is 1. The fourth-order valence-corrected chi connectivity index (χ4v) is 4.78. The van der Waals surface area contributed by atoms with Crippen LogP contribution in [0.25, 0.3) is 0 Å². The number of hydrogen-bond donors (Lipinski definition) is 3. The monoisotopic (exact) mass is 461 g/mol. The number of fused-ring (bicyclic) bond motifs is 1. The van der Waals surface area contributed by atoms with Crippen molar-refractivity contribution in [3.8, 4) is 5.75 Å². The maximum Gasteiger partial charge on any atom is 0.323 e. The smallest absolute Gasteiger partial charge is 0.323 e. The largest absolute Gasteiger partial charge is 0.489 e. The molecular weight excluding hydrogens is 426 g/mol. The first-order valence-corrected chi connectivity index (χ1v) is 11.9. The molecule has 2 aliphatic rings. The second kappa shape index (κ2) is 12.0. The Kier molecular flexibility index (Phi) is 9.08. The number of nitrogens with one attached hydrogen (secondary N) is 1. The molecule has 33 heavy (non-hydrogen) atoms. The zero-order valence-corrected chi connectivity index (χ0v) is 19.2. The molecule has 3 N–H and O–H groups in total. The second-order valence-corrected chi connectivity index (χ2v) is 8.80. The first kappa shape index (κ1) is 25.0. The van der Waals surface area contributed by atoms with Crippen LogP contribution in [-0.2, 0) is 14.4 Å². The summed E-state index contributed by atoms with van der Waals surface area (Å²) in [6.07, 6.45) is 6.76. The van der Waals surface area contributed by atoms with Crippen LogP contribution >= 0.6 is 0 Å². The lowest BCUT2D eigenvalue weighted by molar-refractivity contribution is -0.141. The lowest BCUT2D eigenvalue weighted by Gasteiger charge is -2.34. The summed E-state index contributed by atoms with van der Waals surface area (Å²) in [7, 11) is 0. The Hall–Kier alpha value is -2.65. The molecule has 1 saturated heterocycles. The Labute approximate surface area is 194 Å². The van der Waals surface area contributed by atoms with Gasteiger partial charge in [0.25, 0.3) is 0 Å². The number of nitrogens with zero attached hydrogens (tertiary/aromatic N) is 2. The van der Waals surface area contributed by atoms with Crippen molar-refractivity contribution in [1.29, 1.82) is 0 Å². The van der Waals surface area contributed by atoms with Gasteiger partial charge in [0.15, 0.2) is 0 Å². The van der Waals surface area contributed by atoms with Crippen LogP contribution < -0.4 is 15.0 Å². The van der Waals surface area contributed by atoms with Crippen molar-refractivity contribution in [3.63, 3.8) is 0 Å². The highest BCUT2D eigenvalue weighted by atomic mass is 16.5. The van der Waals surface area contributed by atoms with E-state index in [1.54, 1.807) is 24.3 Å². The minimum Gasteiger partial charge on any atom is -0.489 e. The number of ether oxygens (including phenoxy) is 1. The van der Waals surface area contributed by atoms with E-state index >= 15 is 0 Å². The van der Waals surface area contributed by atoms with Crippen molar-refractivity contribution in [2.75, 3.05) is 31.1 Å². The van der Waals surface area contributed by atoms with Crippen LogP contribution in [0.4, 0.5) is 5.69 Å². The third-order valence-electron chi connectivity index (χ3n) is 6.53. The van der Waals surface area contributed by atoms with Crippen molar-refractivity contribution >= 4 is 23.5 Å². The number of piperidine rings is 1. The van der Waals surface area contributed by atoms with Crippen LogP contribution in [-0.4, -0.2) is 77.3 Å². The number of hydrogen-bond acceptors (Lipinski definition) is 6. The minimum atomic E-state index is -1.16. The average Bonchev–Trinajstić information content (AvgIpc) is 2.93. The van der Waals surface area contributed by atoms with E-state index in [1.807, 2.05) is 0 Å². The number of likely N-dealkylation sites (tertiary alicyclic amines) is 1. The molecule has 2 unspecified atom stereocenters.